The summed E-state index contributed by atoms with van der Waals surface area (Å²) in [6.07, 6.45) is 2.47. The van der Waals surface area contributed by atoms with Crippen molar-refractivity contribution in [1.29, 1.82) is 0 Å². The van der Waals surface area contributed by atoms with Crippen LogP contribution in [0.3, 0.4) is 0 Å². The number of hydrogen-bond donors (Lipinski definition) is 2. The lowest BCUT2D eigenvalue weighted by Crippen LogP contribution is -2.47. The van der Waals surface area contributed by atoms with Crippen molar-refractivity contribution in [2.24, 2.45) is 0 Å². The summed E-state index contributed by atoms with van der Waals surface area (Å²) >= 11 is 11.8. The van der Waals surface area contributed by atoms with Crippen LogP contribution >= 0.6 is 23.2 Å². The average Bonchev–Trinajstić information content (AvgIpc) is 2.24. The van der Waals surface area contributed by atoms with Gasteiger partial charge in [-0.25, -0.2) is 0 Å². The van der Waals surface area contributed by atoms with Crippen LogP contribution in [0.25, 0.3) is 0 Å². The Morgan fingerprint density at radius 3 is 2.75 bits per heavy atom. The minimum Gasteiger partial charge on any atom is -0.388 e. The van der Waals surface area contributed by atoms with Gasteiger partial charge in [0, 0.05) is 13.0 Å². The smallest absolute Gasteiger partial charge is 0.0812 e. The number of halogens is 2. The van der Waals surface area contributed by atoms with E-state index in [0.29, 0.717) is 23.0 Å². The maximum absolute atomic E-state index is 10.3. The third kappa shape index (κ3) is 2.89. The molecule has 0 saturated carbocycles. The number of benzene rings is 1. The molecule has 1 aliphatic heterocycles. The van der Waals surface area contributed by atoms with Gasteiger partial charge in [0.2, 0.25) is 0 Å². The zero-order valence-electron chi connectivity index (χ0n) is 8.97. The predicted molar refractivity (Wildman–Crippen MR) is 67.2 cm³/mol. The van der Waals surface area contributed by atoms with E-state index in [2.05, 4.69) is 5.32 Å². The summed E-state index contributed by atoms with van der Waals surface area (Å²) in [5.41, 5.74) is 0.385. The molecule has 2 rings (SSSR count). The Labute approximate surface area is 106 Å². The maximum atomic E-state index is 10.3. The van der Waals surface area contributed by atoms with E-state index in [0.717, 1.165) is 24.9 Å². The van der Waals surface area contributed by atoms with E-state index in [1.807, 2.05) is 12.1 Å². The summed E-state index contributed by atoms with van der Waals surface area (Å²) < 4.78 is 0. The summed E-state index contributed by atoms with van der Waals surface area (Å²) in [6.45, 7) is 1.64. The number of nitrogens with one attached hydrogen (secondary N) is 1. The molecule has 1 aromatic carbocycles. The number of hydrogen-bond acceptors (Lipinski definition) is 2. The first-order valence-electron chi connectivity index (χ1n) is 5.46. The van der Waals surface area contributed by atoms with Crippen LogP contribution in [0.5, 0.6) is 0 Å². The van der Waals surface area contributed by atoms with Crippen LogP contribution in [0.4, 0.5) is 0 Å². The van der Waals surface area contributed by atoms with Crippen molar-refractivity contribution in [3.8, 4) is 0 Å². The second kappa shape index (κ2) is 4.92. The molecular weight excluding hydrogens is 245 g/mol. The molecule has 2 N–H and O–H groups in total. The Morgan fingerprint density at radius 1 is 1.31 bits per heavy atom. The minimum absolute atomic E-state index is 0.548. The van der Waals surface area contributed by atoms with Gasteiger partial charge >= 0.3 is 0 Å². The van der Waals surface area contributed by atoms with Crippen molar-refractivity contribution in [3.05, 3.63) is 33.8 Å². The molecule has 1 aliphatic rings. The second-order valence-corrected chi connectivity index (χ2v) is 5.24. The fraction of sp³-hybridized carbons (Fsp3) is 0.500. The van der Waals surface area contributed by atoms with Crippen molar-refractivity contribution in [2.45, 2.75) is 24.9 Å². The van der Waals surface area contributed by atoms with Crippen molar-refractivity contribution < 1.29 is 5.11 Å². The van der Waals surface area contributed by atoms with Gasteiger partial charge in [-0.3, -0.25) is 0 Å². The van der Waals surface area contributed by atoms with Crippen molar-refractivity contribution in [2.75, 3.05) is 13.1 Å². The molecule has 0 radical (unpaired) electrons. The van der Waals surface area contributed by atoms with Crippen molar-refractivity contribution in [3.63, 3.8) is 0 Å². The molecule has 0 aromatic heterocycles. The maximum Gasteiger partial charge on any atom is 0.0812 e. The third-order valence-corrected chi connectivity index (χ3v) is 3.71. The van der Waals surface area contributed by atoms with Gasteiger partial charge in [-0.15, -0.1) is 0 Å². The van der Waals surface area contributed by atoms with Crippen LogP contribution in [-0.4, -0.2) is 23.8 Å². The molecule has 0 bridgehead atoms. The summed E-state index contributed by atoms with van der Waals surface area (Å²) in [7, 11) is 0. The lowest BCUT2D eigenvalue weighted by molar-refractivity contribution is 0.0169. The van der Waals surface area contributed by atoms with Gasteiger partial charge in [0.05, 0.1) is 15.6 Å². The van der Waals surface area contributed by atoms with E-state index in [-0.39, 0.29) is 0 Å². The van der Waals surface area contributed by atoms with Crippen LogP contribution in [-0.2, 0) is 6.42 Å². The molecule has 1 heterocycles. The lowest BCUT2D eigenvalue weighted by atomic mass is 9.87. The van der Waals surface area contributed by atoms with Gasteiger partial charge in [-0.2, -0.15) is 0 Å². The Balaban J connectivity index is 2.10. The van der Waals surface area contributed by atoms with Crippen molar-refractivity contribution >= 4 is 23.2 Å². The zero-order chi connectivity index (χ0) is 11.6. The van der Waals surface area contributed by atoms with Crippen LogP contribution in [0, 0.1) is 0 Å². The van der Waals surface area contributed by atoms with E-state index in [1.54, 1.807) is 6.07 Å². The lowest BCUT2D eigenvalue weighted by Gasteiger charge is -2.32. The first-order valence-corrected chi connectivity index (χ1v) is 6.22. The number of β-amino-alcohol motifs (C(OH)–C–C–N with tert-alkyl or cyclic N) is 1. The SMILES string of the molecule is OC1(Cc2ccc(Cl)c(Cl)c2)CCCNC1. The number of aliphatic hydroxyl groups is 1. The molecule has 0 spiro atoms. The van der Waals surface area contributed by atoms with Gasteiger partial charge in [0.15, 0.2) is 0 Å². The monoisotopic (exact) mass is 259 g/mol. The Hall–Kier alpha value is -0.280. The van der Waals surface area contributed by atoms with E-state index in [4.69, 9.17) is 23.2 Å². The Morgan fingerprint density at radius 2 is 2.12 bits per heavy atom. The molecule has 0 amide bonds. The molecule has 0 aliphatic carbocycles. The van der Waals surface area contributed by atoms with Gasteiger partial charge in [0.25, 0.3) is 0 Å². The fourth-order valence-electron chi connectivity index (χ4n) is 2.13. The molecule has 2 nitrogen and oxygen atoms in total. The summed E-state index contributed by atoms with van der Waals surface area (Å²) in [6, 6.07) is 5.52. The fourth-order valence-corrected chi connectivity index (χ4v) is 2.45. The molecule has 88 valence electrons. The normalized spacial score (nSPS) is 25.7. The number of piperidine rings is 1. The zero-order valence-corrected chi connectivity index (χ0v) is 10.5. The molecule has 1 aromatic rings. The van der Waals surface area contributed by atoms with Gasteiger partial charge in [-0.05, 0) is 37.1 Å². The highest BCUT2D eigenvalue weighted by atomic mass is 35.5. The van der Waals surface area contributed by atoms with E-state index in [9.17, 15) is 5.11 Å². The van der Waals surface area contributed by atoms with E-state index >= 15 is 0 Å². The molecule has 1 atom stereocenters. The molecule has 4 heteroatoms. The standard InChI is InChI=1S/C12H15Cl2NO/c13-10-3-2-9(6-11(10)14)7-12(16)4-1-5-15-8-12/h2-3,6,15-16H,1,4-5,7-8H2. The average molecular weight is 260 g/mol. The Kier molecular flexibility index (Phi) is 3.75. The summed E-state index contributed by atoms with van der Waals surface area (Å²) in [4.78, 5) is 0. The molecule has 1 saturated heterocycles. The third-order valence-electron chi connectivity index (χ3n) is 2.97. The van der Waals surface area contributed by atoms with Crippen LogP contribution < -0.4 is 5.32 Å². The highest BCUT2D eigenvalue weighted by molar-refractivity contribution is 6.42. The number of rotatable bonds is 2. The first kappa shape index (κ1) is 12.2. The quantitative estimate of drug-likeness (QED) is 0.856. The minimum atomic E-state index is -0.643. The largest absolute Gasteiger partial charge is 0.388 e. The van der Waals surface area contributed by atoms with Crippen LogP contribution in [0.1, 0.15) is 18.4 Å². The second-order valence-electron chi connectivity index (χ2n) is 4.43. The first-order chi connectivity index (χ1) is 7.59. The van der Waals surface area contributed by atoms with Gasteiger partial charge in [-0.1, -0.05) is 29.3 Å². The van der Waals surface area contributed by atoms with Crippen LogP contribution in [0.2, 0.25) is 10.0 Å². The summed E-state index contributed by atoms with van der Waals surface area (Å²) in [5, 5.41) is 14.7. The highest BCUT2D eigenvalue weighted by Crippen LogP contribution is 2.26. The van der Waals surface area contributed by atoms with Crippen molar-refractivity contribution in [1.82, 2.24) is 5.32 Å². The highest BCUT2D eigenvalue weighted by Gasteiger charge is 2.29. The molecule has 1 fully saturated rings. The van der Waals surface area contributed by atoms with E-state index in [1.165, 1.54) is 0 Å². The predicted octanol–water partition coefficient (Wildman–Crippen LogP) is 2.65. The molecule has 1 unspecified atom stereocenters. The topological polar surface area (TPSA) is 32.3 Å². The molecule has 16 heavy (non-hydrogen) atoms. The van der Waals surface area contributed by atoms with Gasteiger partial charge < -0.3 is 10.4 Å². The van der Waals surface area contributed by atoms with Gasteiger partial charge in [0.1, 0.15) is 0 Å². The van der Waals surface area contributed by atoms with E-state index < -0.39 is 5.60 Å². The Bertz CT molecular complexity index is 375. The van der Waals surface area contributed by atoms with Crippen LogP contribution in [0.15, 0.2) is 18.2 Å². The molecular formula is C12H15Cl2NO. The summed E-state index contributed by atoms with van der Waals surface area (Å²) in [5.74, 6) is 0.